The van der Waals surface area contributed by atoms with E-state index in [9.17, 15) is 66.6 Å². The summed E-state index contributed by atoms with van der Waals surface area (Å²) >= 11 is 0. The van der Waals surface area contributed by atoms with Gasteiger partial charge in [0, 0.05) is 63.8 Å². The number of fused-ring (bicyclic) bond motifs is 1. The molecule has 0 bridgehead atoms. The number of aromatic amines is 1. The van der Waals surface area contributed by atoms with Gasteiger partial charge in [0.05, 0.1) is 25.4 Å². The average molecular weight is 1110 g/mol. The Bertz CT molecular complexity index is 2870. The van der Waals surface area contributed by atoms with Gasteiger partial charge in [-0.2, -0.15) is 8.42 Å². The van der Waals surface area contributed by atoms with E-state index in [1.165, 1.54) is 26.4 Å². The van der Waals surface area contributed by atoms with Crippen molar-refractivity contribution in [3.63, 3.8) is 0 Å². The van der Waals surface area contributed by atoms with Crippen LogP contribution in [0.4, 0.5) is 0 Å². The predicted octanol–water partition coefficient (Wildman–Crippen LogP) is -2.76. The molecule has 3 aromatic carbocycles. The molecule has 0 radical (unpaired) electrons. The number of primary amides is 1. The molecule has 8 amide bonds. The second-order valence-corrected chi connectivity index (χ2v) is 18.5. The zero-order valence-corrected chi connectivity index (χ0v) is 43.0. The highest BCUT2D eigenvalue weighted by Gasteiger charge is 2.34. The molecule has 0 saturated heterocycles. The molecule has 78 heavy (non-hydrogen) atoms. The van der Waals surface area contributed by atoms with Crippen LogP contribution in [0, 0.1) is 0 Å². The summed E-state index contributed by atoms with van der Waals surface area (Å²) in [7, 11) is -2.28. The summed E-state index contributed by atoms with van der Waals surface area (Å²) in [6, 6.07) is 9.56. The van der Waals surface area contributed by atoms with E-state index in [1.807, 2.05) is 0 Å². The minimum Gasteiger partial charge on any atom is -0.481 e. The normalized spacial score (nSPS) is 13.9. The number of hydrogen-bond donors (Lipinski definition) is 13. The van der Waals surface area contributed by atoms with Gasteiger partial charge in [0.2, 0.25) is 47.3 Å². The molecule has 422 valence electrons. The molecule has 0 aliphatic heterocycles. The molecule has 4 rings (SSSR count). The number of H-pyrrole nitrogens is 1. The van der Waals surface area contributed by atoms with E-state index < -0.39 is 131 Å². The highest BCUT2D eigenvalue weighted by molar-refractivity contribution is 7.81. The van der Waals surface area contributed by atoms with Crippen LogP contribution >= 0.6 is 0 Å². The maximum Gasteiger partial charge on any atom is 0.446 e. The number of para-hydroxylation sites is 1. The predicted molar refractivity (Wildman–Crippen MR) is 274 cm³/mol. The molecule has 0 saturated carbocycles. The first-order valence-electron chi connectivity index (χ1n) is 23.9. The fourth-order valence-electron chi connectivity index (χ4n) is 7.63. The second kappa shape index (κ2) is 30.3. The standard InChI is InChI=1S/C49H62N10O18S/c1-75-18-16-34(55-47(69)37(58-44(66)32(50)23-41(61)62)21-28-12-14-30(15-13-28)77-78(72,73)74)45(67)53-26-40(60)54-38(22-29-25-52-33-11-7-6-10-31(29)33)48(70)56-35(17-19-76-2)46(68)59-39(24-42(63)64)49(71)57-36(43(51)65)20-27-8-4-3-5-9-27/h3-15,25,32,34-39,52H,16-24,26,50H2,1-2H3,(H2,51,65)(H,53,67)(H,54,60)(H,55,69)(H,56,70)(H,57,71)(H,58,66)(H,59,68)(H,61,62)(H,63,64)(H,72,73,74)/t32-,34-,35-,36-,37-,38-,39-/m0/s1. The van der Waals surface area contributed by atoms with Crippen LogP contribution in [-0.4, -0.2) is 164 Å². The molecule has 0 aliphatic carbocycles. The Morgan fingerprint density at radius 2 is 1.06 bits per heavy atom. The van der Waals surface area contributed by atoms with Crippen molar-refractivity contribution in [1.29, 1.82) is 0 Å². The number of carboxylic acid groups (broad SMARTS) is 2. The number of aliphatic carboxylic acids is 2. The number of carbonyl (C=O) groups is 10. The summed E-state index contributed by atoms with van der Waals surface area (Å²) in [5.41, 5.74) is 13.4. The number of nitrogens with two attached hydrogens (primary N) is 2. The number of benzene rings is 3. The molecule has 4 aromatic rings. The zero-order valence-electron chi connectivity index (χ0n) is 42.2. The van der Waals surface area contributed by atoms with Gasteiger partial charge in [0.1, 0.15) is 42.0 Å². The molecule has 28 nitrogen and oxygen atoms in total. The number of rotatable bonds is 33. The molecule has 0 aliphatic rings. The van der Waals surface area contributed by atoms with Gasteiger partial charge in [-0.15, -0.1) is 0 Å². The van der Waals surface area contributed by atoms with E-state index in [0.29, 0.717) is 22.0 Å². The number of methoxy groups -OCH3 is 2. The van der Waals surface area contributed by atoms with Crippen LogP contribution in [0.5, 0.6) is 5.75 Å². The molecule has 1 aromatic heterocycles. The summed E-state index contributed by atoms with van der Waals surface area (Å²) in [6.45, 7) is -1.09. The van der Waals surface area contributed by atoms with Crippen molar-refractivity contribution in [2.24, 2.45) is 11.5 Å². The van der Waals surface area contributed by atoms with Crippen LogP contribution in [0.15, 0.2) is 85.1 Å². The van der Waals surface area contributed by atoms with Crippen LogP contribution in [-0.2, 0) is 87.1 Å². The first kappa shape index (κ1) is 62.0. The maximum absolute atomic E-state index is 14.3. The average Bonchev–Trinajstić information content (AvgIpc) is 3.80. The van der Waals surface area contributed by atoms with E-state index >= 15 is 0 Å². The number of carbonyl (C=O) groups excluding carboxylic acids is 8. The van der Waals surface area contributed by atoms with Crippen molar-refractivity contribution in [2.75, 3.05) is 34.0 Å². The van der Waals surface area contributed by atoms with Gasteiger partial charge in [-0.3, -0.25) is 52.5 Å². The quantitative estimate of drug-likeness (QED) is 0.0215. The lowest BCUT2D eigenvalue weighted by atomic mass is 10.0. The Labute approximate surface area is 446 Å². The smallest absolute Gasteiger partial charge is 0.446 e. The monoisotopic (exact) mass is 1110 g/mol. The summed E-state index contributed by atoms with van der Waals surface area (Å²) in [6.07, 6.45) is -1.22. The van der Waals surface area contributed by atoms with Gasteiger partial charge in [-0.25, -0.2) is 0 Å². The number of amides is 8. The Balaban J connectivity index is 1.54. The van der Waals surface area contributed by atoms with Crippen molar-refractivity contribution in [3.8, 4) is 5.75 Å². The van der Waals surface area contributed by atoms with Crippen molar-refractivity contribution < 1.29 is 84.8 Å². The minimum atomic E-state index is -4.89. The van der Waals surface area contributed by atoms with Crippen LogP contribution in [0.2, 0.25) is 0 Å². The number of aromatic nitrogens is 1. The SMILES string of the molecule is COCC[C@H](NC(=O)[C@H](Cc1ccc(OS(=O)(=O)O)cc1)NC(=O)[C@@H](N)CC(=O)O)C(=O)NCC(=O)N[C@@H](Cc1c[nH]c2ccccc12)C(=O)N[C@@H](CCOC)C(=O)N[C@@H](CC(=O)O)C(=O)N[C@@H](Cc1ccccc1)C(N)=O. The van der Waals surface area contributed by atoms with Gasteiger partial charge in [0.15, 0.2) is 0 Å². The summed E-state index contributed by atoms with van der Waals surface area (Å²) in [5.74, 6) is -11.2. The Hall–Kier alpha value is -8.51. The van der Waals surface area contributed by atoms with Gasteiger partial charge in [-0.05, 0) is 47.7 Å². The molecule has 0 fully saturated rings. The molecule has 1 heterocycles. The molecule has 0 spiro atoms. The molecular formula is C49H62N10O18S. The Kier molecular flexibility index (Phi) is 24.1. The lowest BCUT2D eigenvalue weighted by Gasteiger charge is -2.26. The number of carboxylic acids is 2. The third-order valence-electron chi connectivity index (χ3n) is 11.5. The fraction of sp³-hybridized carbons (Fsp3) is 0.388. The van der Waals surface area contributed by atoms with Gasteiger partial charge in [0.25, 0.3) is 0 Å². The lowest BCUT2D eigenvalue weighted by molar-refractivity contribution is -0.141. The van der Waals surface area contributed by atoms with Crippen LogP contribution in [0.3, 0.4) is 0 Å². The number of hydrogen-bond acceptors (Lipinski definition) is 16. The molecule has 15 N–H and O–H groups in total. The van der Waals surface area contributed by atoms with Crippen molar-refractivity contribution in [1.82, 2.24) is 42.2 Å². The highest BCUT2D eigenvalue weighted by atomic mass is 32.3. The Morgan fingerprint density at radius 3 is 1.64 bits per heavy atom. The van der Waals surface area contributed by atoms with E-state index in [1.54, 1.807) is 60.8 Å². The summed E-state index contributed by atoms with van der Waals surface area (Å²) in [5, 5.41) is 36.5. The highest BCUT2D eigenvalue weighted by Crippen LogP contribution is 2.20. The first-order valence-corrected chi connectivity index (χ1v) is 25.2. The van der Waals surface area contributed by atoms with E-state index in [-0.39, 0.29) is 56.6 Å². The van der Waals surface area contributed by atoms with Crippen LogP contribution in [0.1, 0.15) is 42.4 Å². The largest absolute Gasteiger partial charge is 0.481 e. The molecule has 0 unspecified atom stereocenters. The van der Waals surface area contributed by atoms with Crippen molar-refractivity contribution in [3.05, 3.63) is 102 Å². The third kappa shape index (κ3) is 20.9. The van der Waals surface area contributed by atoms with Gasteiger partial charge < -0.3 is 77.5 Å². The number of nitrogens with one attached hydrogen (secondary N) is 8. The second-order valence-electron chi connectivity index (χ2n) is 17.5. The molecule has 29 heteroatoms. The van der Waals surface area contributed by atoms with E-state index in [0.717, 1.165) is 12.1 Å². The zero-order chi connectivity index (χ0) is 57.5. The third-order valence-corrected chi connectivity index (χ3v) is 11.9. The molecular weight excluding hydrogens is 1050 g/mol. The minimum absolute atomic E-state index is 0.0575. The van der Waals surface area contributed by atoms with Gasteiger partial charge >= 0.3 is 22.3 Å². The lowest BCUT2D eigenvalue weighted by Crippen LogP contribution is -2.59. The van der Waals surface area contributed by atoms with E-state index in [2.05, 4.69) is 46.4 Å². The van der Waals surface area contributed by atoms with Gasteiger partial charge in [-0.1, -0.05) is 60.7 Å². The fourth-order valence-corrected chi connectivity index (χ4v) is 7.98. The van der Waals surface area contributed by atoms with Crippen LogP contribution < -0.4 is 52.9 Å². The summed E-state index contributed by atoms with van der Waals surface area (Å²) < 4.78 is 46.0. The topological polar surface area (TPSA) is 445 Å². The molecule has 7 atom stereocenters. The van der Waals surface area contributed by atoms with Crippen molar-refractivity contribution in [2.45, 2.75) is 87.2 Å². The number of ether oxygens (including phenoxy) is 2. The van der Waals surface area contributed by atoms with Crippen LogP contribution in [0.25, 0.3) is 10.9 Å². The summed E-state index contributed by atoms with van der Waals surface area (Å²) in [4.78, 5) is 135. The maximum atomic E-state index is 14.3. The Morgan fingerprint density at radius 1 is 0.577 bits per heavy atom. The van der Waals surface area contributed by atoms with E-state index in [4.69, 9.17) is 25.5 Å². The first-order chi connectivity index (χ1) is 37.0. The van der Waals surface area contributed by atoms with Crippen molar-refractivity contribution >= 4 is 80.5 Å².